The van der Waals surface area contributed by atoms with Crippen molar-refractivity contribution in [1.29, 1.82) is 0 Å². The molecule has 192 valence electrons. The first-order valence-corrected chi connectivity index (χ1v) is 12.0. The highest BCUT2D eigenvalue weighted by atomic mass is 16.6. The Morgan fingerprint density at radius 2 is 1.50 bits per heavy atom. The highest BCUT2D eigenvalue weighted by Gasteiger charge is 2.68. The molecule has 0 radical (unpaired) electrons. The molecule has 3 aliphatic rings. The number of carbonyl (C=O) groups is 2. The Hall–Kier alpha value is -4.66. The second-order valence-corrected chi connectivity index (χ2v) is 10.2. The Bertz CT molecular complexity index is 1820. The summed E-state index contributed by atoms with van der Waals surface area (Å²) >= 11 is 0. The van der Waals surface area contributed by atoms with Gasteiger partial charge in [0.05, 0.1) is 20.6 Å². The molecule has 4 aromatic carbocycles. The zero-order valence-electron chi connectivity index (χ0n) is 20.9. The fourth-order valence-corrected chi connectivity index (χ4v) is 6.68. The van der Waals surface area contributed by atoms with E-state index in [2.05, 4.69) is 0 Å². The number of hydrogen-bond acceptors (Lipinski definition) is 9. The van der Waals surface area contributed by atoms with Gasteiger partial charge < -0.3 is 34.3 Å². The second kappa shape index (κ2) is 6.80. The van der Waals surface area contributed by atoms with Gasteiger partial charge in [-0.1, -0.05) is 0 Å². The average Bonchev–Trinajstić information content (AvgIpc) is 3.22. The number of hydrogen-bond donors (Lipinski definition) is 3. The maximum atomic E-state index is 13.9. The lowest BCUT2D eigenvalue weighted by Gasteiger charge is -2.51. The standard InChI is InChI=1S/C29H22O9/c1-11-5-18(32)26-24-20(11)14-6-12(35-3)8-16(30)21(14)23-19(33)10-28(2)29(37-26,25(23)24)15-7-13(36-4)9-17(31)22(15)27(34)38-28/h5-9,30-32H,10H2,1-4H3. The molecule has 38 heavy (non-hydrogen) atoms. The average molecular weight is 514 g/mol. The van der Waals surface area contributed by atoms with Crippen molar-refractivity contribution in [2.45, 2.75) is 31.5 Å². The number of rotatable bonds is 2. The molecule has 9 heteroatoms. The molecule has 0 saturated carbocycles. The largest absolute Gasteiger partial charge is 0.507 e. The van der Waals surface area contributed by atoms with Gasteiger partial charge in [0.15, 0.2) is 22.9 Å². The summed E-state index contributed by atoms with van der Waals surface area (Å²) in [5, 5.41) is 35.1. The van der Waals surface area contributed by atoms with E-state index >= 15 is 0 Å². The molecule has 0 saturated heterocycles. The zero-order chi connectivity index (χ0) is 26.9. The molecule has 1 spiro atoms. The van der Waals surface area contributed by atoms with Crippen LogP contribution in [-0.2, 0) is 10.3 Å². The molecule has 2 aliphatic heterocycles. The maximum absolute atomic E-state index is 13.9. The summed E-state index contributed by atoms with van der Waals surface area (Å²) in [4.78, 5) is 27.2. The molecule has 1 aliphatic carbocycles. The smallest absolute Gasteiger partial charge is 0.343 e. The van der Waals surface area contributed by atoms with Crippen molar-refractivity contribution < 1.29 is 43.9 Å². The molecule has 3 N–H and O–H groups in total. The highest BCUT2D eigenvalue weighted by Crippen LogP contribution is 2.66. The van der Waals surface area contributed by atoms with Gasteiger partial charge in [-0.15, -0.1) is 0 Å². The van der Waals surface area contributed by atoms with Crippen LogP contribution >= 0.6 is 0 Å². The number of esters is 1. The van der Waals surface area contributed by atoms with Gasteiger partial charge in [-0.2, -0.15) is 0 Å². The number of fused-ring (bicyclic) bond motifs is 4. The molecule has 2 atom stereocenters. The van der Waals surface area contributed by atoms with E-state index < -0.39 is 17.2 Å². The van der Waals surface area contributed by atoms with Gasteiger partial charge in [0.25, 0.3) is 0 Å². The SMILES string of the molecule is COc1cc(O)c2c(c1)C13Oc4c(O)cc(C)c5c4c1c(c1c(O)cc(OC)cc15)C(=O)CC3(C)OC2=O. The number of aryl methyl sites for hydroxylation is 1. The van der Waals surface area contributed by atoms with Gasteiger partial charge in [-0.25, -0.2) is 4.79 Å². The first-order chi connectivity index (χ1) is 18.1. The van der Waals surface area contributed by atoms with E-state index in [1.54, 1.807) is 32.0 Å². The van der Waals surface area contributed by atoms with Crippen molar-refractivity contribution in [3.63, 3.8) is 0 Å². The predicted octanol–water partition coefficient (Wildman–Crippen LogP) is 4.59. The Morgan fingerprint density at radius 1 is 0.816 bits per heavy atom. The molecule has 4 aromatic rings. The number of phenols is 3. The molecule has 0 amide bonds. The van der Waals surface area contributed by atoms with Crippen LogP contribution in [-0.4, -0.2) is 46.9 Å². The quantitative estimate of drug-likeness (QED) is 0.260. The molecular formula is C29H22O9. The third-order valence-corrected chi connectivity index (χ3v) is 8.16. The fourth-order valence-electron chi connectivity index (χ4n) is 6.68. The highest BCUT2D eigenvalue weighted by molar-refractivity contribution is 6.26. The van der Waals surface area contributed by atoms with Gasteiger partial charge in [0.1, 0.15) is 28.6 Å². The summed E-state index contributed by atoms with van der Waals surface area (Å²) in [7, 11) is 2.90. The van der Waals surface area contributed by atoms with Crippen LogP contribution < -0.4 is 14.2 Å². The van der Waals surface area contributed by atoms with Crippen LogP contribution in [0.1, 0.15) is 50.8 Å². The van der Waals surface area contributed by atoms with Crippen molar-refractivity contribution in [3.05, 3.63) is 58.1 Å². The Balaban J connectivity index is 1.78. The predicted molar refractivity (Wildman–Crippen MR) is 135 cm³/mol. The Morgan fingerprint density at radius 3 is 2.21 bits per heavy atom. The third-order valence-electron chi connectivity index (χ3n) is 8.16. The number of methoxy groups -OCH3 is 2. The van der Waals surface area contributed by atoms with Crippen LogP contribution in [0, 0.1) is 6.92 Å². The summed E-state index contributed by atoms with van der Waals surface area (Å²) < 4.78 is 23.4. The minimum absolute atomic E-state index is 0.109. The molecule has 0 fully saturated rings. The van der Waals surface area contributed by atoms with E-state index in [1.807, 2.05) is 0 Å². The van der Waals surface area contributed by atoms with E-state index in [9.17, 15) is 24.9 Å². The summed E-state index contributed by atoms with van der Waals surface area (Å²) in [6, 6.07) is 7.58. The van der Waals surface area contributed by atoms with Crippen LogP contribution in [0.2, 0.25) is 0 Å². The summed E-state index contributed by atoms with van der Waals surface area (Å²) in [5.74, 6) is -1.12. The number of phenolic OH excluding ortho intramolecular Hbond substituents is 3. The second-order valence-electron chi connectivity index (χ2n) is 10.2. The van der Waals surface area contributed by atoms with Gasteiger partial charge in [0.2, 0.25) is 5.60 Å². The number of aromatic hydroxyl groups is 3. The Labute approximate surface area is 215 Å². The normalized spacial score (nSPS) is 22.6. The van der Waals surface area contributed by atoms with E-state index in [-0.39, 0.29) is 57.6 Å². The number of Topliss-reactive ketones (excluding diaryl/α,β-unsaturated/α-hetero) is 1. The van der Waals surface area contributed by atoms with E-state index in [4.69, 9.17) is 18.9 Å². The topological polar surface area (TPSA) is 132 Å². The molecule has 7 rings (SSSR count). The fraction of sp³-hybridized carbons (Fsp3) is 0.241. The number of ether oxygens (including phenoxy) is 4. The summed E-state index contributed by atoms with van der Waals surface area (Å²) in [5.41, 5.74) is -1.86. The van der Waals surface area contributed by atoms with Crippen molar-refractivity contribution in [2.24, 2.45) is 0 Å². The van der Waals surface area contributed by atoms with Gasteiger partial charge in [-0.05, 0) is 48.4 Å². The van der Waals surface area contributed by atoms with Gasteiger partial charge in [-0.3, -0.25) is 4.79 Å². The van der Waals surface area contributed by atoms with E-state index in [1.165, 1.54) is 26.4 Å². The number of carbonyl (C=O) groups excluding carboxylic acids is 2. The van der Waals surface area contributed by atoms with Crippen LogP contribution in [0.4, 0.5) is 0 Å². The van der Waals surface area contributed by atoms with Crippen LogP contribution in [0.5, 0.6) is 34.5 Å². The third kappa shape index (κ3) is 2.33. The van der Waals surface area contributed by atoms with Crippen LogP contribution in [0.25, 0.3) is 21.5 Å². The van der Waals surface area contributed by atoms with E-state index in [0.29, 0.717) is 38.4 Å². The monoisotopic (exact) mass is 514 g/mol. The van der Waals surface area contributed by atoms with Crippen LogP contribution in [0.3, 0.4) is 0 Å². The summed E-state index contributed by atoms with van der Waals surface area (Å²) in [6.45, 7) is 3.41. The van der Waals surface area contributed by atoms with Crippen molar-refractivity contribution in [1.82, 2.24) is 0 Å². The Kier molecular flexibility index (Phi) is 4.03. The molecule has 0 aromatic heterocycles. The lowest BCUT2D eigenvalue weighted by molar-refractivity contribution is -0.121. The molecule has 9 nitrogen and oxygen atoms in total. The van der Waals surface area contributed by atoms with Gasteiger partial charge >= 0.3 is 5.97 Å². The maximum Gasteiger partial charge on any atom is 0.343 e. The molecule has 0 bridgehead atoms. The lowest BCUT2D eigenvalue weighted by atomic mass is 9.62. The van der Waals surface area contributed by atoms with Crippen molar-refractivity contribution >= 4 is 33.3 Å². The first kappa shape index (κ1) is 22.5. The first-order valence-electron chi connectivity index (χ1n) is 12.0. The molecule has 2 unspecified atom stereocenters. The van der Waals surface area contributed by atoms with Crippen LogP contribution in [0.15, 0.2) is 30.3 Å². The minimum Gasteiger partial charge on any atom is -0.507 e. The zero-order valence-corrected chi connectivity index (χ0v) is 20.9. The molecule has 2 heterocycles. The van der Waals surface area contributed by atoms with Gasteiger partial charge in [0, 0.05) is 39.6 Å². The van der Waals surface area contributed by atoms with E-state index in [0.717, 1.165) is 0 Å². The lowest BCUT2D eigenvalue weighted by Crippen LogP contribution is -2.62. The molecular weight excluding hydrogens is 492 g/mol. The minimum atomic E-state index is -1.64. The summed E-state index contributed by atoms with van der Waals surface area (Å²) in [6.07, 6.45) is -0.275. The number of benzene rings is 4. The number of ketones is 1. The van der Waals surface area contributed by atoms with Crippen molar-refractivity contribution in [2.75, 3.05) is 14.2 Å². The van der Waals surface area contributed by atoms with Crippen molar-refractivity contribution in [3.8, 4) is 34.5 Å².